The Balaban J connectivity index is 1.89. The van der Waals surface area contributed by atoms with E-state index in [1.165, 1.54) is 0 Å². The maximum atomic E-state index is 12.2. The average Bonchev–Trinajstić information content (AvgIpc) is 3.20. The zero-order chi connectivity index (χ0) is 17.1. The highest BCUT2D eigenvalue weighted by atomic mass is 35.5. The van der Waals surface area contributed by atoms with E-state index in [2.05, 4.69) is 5.32 Å². The van der Waals surface area contributed by atoms with Crippen LogP contribution in [0.5, 0.6) is 0 Å². The van der Waals surface area contributed by atoms with Gasteiger partial charge in [-0.05, 0) is 31.0 Å². The van der Waals surface area contributed by atoms with Gasteiger partial charge in [-0.2, -0.15) is 0 Å². The molecule has 1 aromatic carbocycles. The van der Waals surface area contributed by atoms with Crippen LogP contribution in [0.15, 0.2) is 18.2 Å². The third kappa shape index (κ3) is 3.49. The van der Waals surface area contributed by atoms with Crippen molar-refractivity contribution in [2.75, 3.05) is 40.6 Å². The quantitative estimate of drug-likeness (QED) is 0.768. The summed E-state index contributed by atoms with van der Waals surface area (Å²) in [5.74, 6) is 0.346. The Hall–Kier alpha value is -1.79. The molecule has 2 amide bonds. The van der Waals surface area contributed by atoms with E-state index in [4.69, 9.17) is 11.6 Å². The van der Waals surface area contributed by atoms with Gasteiger partial charge < -0.3 is 20.2 Å². The van der Waals surface area contributed by atoms with Gasteiger partial charge in [0.25, 0.3) is 0 Å². The van der Waals surface area contributed by atoms with Gasteiger partial charge in [-0.25, -0.2) is 0 Å². The van der Waals surface area contributed by atoms with E-state index in [-0.39, 0.29) is 17.7 Å². The van der Waals surface area contributed by atoms with Crippen molar-refractivity contribution in [2.24, 2.45) is 0 Å². The third-order valence-corrected chi connectivity index (χ3v) is 4.79. The predicted molar refractivity (Wildman–Crippen MR) is 94.8 cm³/mol. The van der Waals surface area contributed by atoms with Gasteiger partial charge in [0, 0.05) is 38.2 Å². The van der Waals surface area contributed by atoms with Crippen LogP contribution >= 0.6 is 11.6 Å². The van der Waals surface area contributed by atoms with Gasteiger partial charge in [-0.3, -0.25) is 9.59 Å². The molecule has 3 rings (SSSR count). The van der Waals surface area contributed by atoms with Gasteiger partial charge >= 0.3 is 0 Å². The van der Waals surface area contributed by atoms with Crippen LogP contribution in [0.1, 0.15) is 25.7 Å². The number of amides is 2. The summed E-state index contributed by atoms with van der Waals surface area (Å²) >= 11 is 5.64. The topological polar surface area (TPSA) is 72.9 Å². The summed E-state index contributed by atoms with van der Waals surface area (Å²) in [7, 11) is 0. The Morgan fingerprint density at radius 3 is 2.38 bits per heavy atom. The molecule has 1 aromatic rings. The lowest BCUT2D eigenvalue weighted by Gasteiger charge is -2.24. The Bertz CT molecular complexity index is 638. The number of rotatable bonds is 6. The molecular formula is C17H22ClN3O3. The van der Waals surface area contributed by atoms with E-state index in [1.54, 1.807) is 9.80 Å². The summed E-state index contributed by atoms with van der Waals surface area (Å²) in [4.78, 5) is 27.7. The number of aliphatic hydroxyl groups is 1. The van der Waals surface area contributed by atoms with E-state index in [1.807, 2.05) is 18.2 Å². The molecule has 2 saturated heterocycles. The lowest BCUT2D eigenvalue weighted by molar-refractivity contribution is -0.117. The van der Waals surface area contributed by atoms with Gasteiger partial charge in [0.05, 0.1) is 23.4 Å². The van der Waals surface area contributed by atoms with Gasteiger partial charge in [-0.1, -0.05) is 0 Å². The van der Waals surface area contributed by atoms with Crippen LogP contribution in [-0.2, 0) is 9.59 Å². The molecular weight excluding hydrogens is 330 g/mol. The fourth-order valence-electron chi connectivity index (χ4n) is 3.17. The number of anilines is 3. The summed E-state index contributed by atoms with van der Waals surface area (Å²) < 4.78 is 0. The SMILES string of the molecule is O=C1CCCN1c1ccc(NCC(O)CCl)c(N2CCCC2=O)c1. The molecule has 2 aliphatic heterocycles. The van der Waals surface area contributed by atoms with Gasteiger partial charge in [0.2, 0.25) is 11.8 Å². The number of halogens is 1. The molecule has 0 aromatic heterocycles. The molecule has 2 N–H and O–H groups in total. The van der Waals surface area contributed by atoms with Gasteiger partial charge in [-0.15, -0.1) is 11.6 Å². The van der Waals surface area contributed by atoms with E-state index < -0.39 is 6.10 Å². The Labute approximate surface area is 146 Å². The van der Waals surface area contributed by atoms with Crippen molar-refractivity contribution in [3.8, 4) is 0 Å². The van der Waals surface area contributed by atoms with Gasteiger partial charge in [0.1, 0.15) is 0 Å². The molecule has 2 aliphatic rings. The number of carbonyl (C=O) groups is 2. The maximum Gasteiger partial charge on any atom is 0.227 e. The first-order valence-electron chi connectivity index (χ1n) is 8.33. The first kappa shape index (κ1) is 17.0. The number of carbonyl (C=O) groups excluding carboxylic acids is 2. The zero-order valence-corrected chi connectivity index (χ0v) is 14.3. The van der Waals surface area contributed by atoms with Crippen molar-refractivity contribution >= 4 is 40.5 Å². The number of hydrogen-bond acceptors (Lipinski definition) is 4. The second-order valence-electron chi connectivity index (χ2n) is 6.19. The van der Waals surface area contributed by atoms with Crippen LogP contribution in [0.3, 0.4) is 0 Å². The Morgan fingerprint density at radius 1 is 1.12 bits per heavy atom. The second-order valence-corrected chi connectivity index (χ2v) is 6.50. The highest BCUT2D eigenvalue weighted by molar-refractivity contribution is 6.18. The van der Waals surface area contributed by atoms with Crippen LogP contribution in [0.4, 0.5) is 17.1 Å². The normalized spacial score (nSPS) is 19.2. The molecule has 130 valence electrons. The molecule has 0 radical (unpaired) electrons. The maximum absolute atomic E-state index is 12.2. The summed E-state index contributed by atoms with van der Waals surface area (Å²) in [5.41, 5.74) is 2.34. The van der Waals surface area contributed by atoms with Crippen molar-refractivity contribution in [1.82, 2.24) is 0 Å². The predicted octanol–water partition coefficient (Wildman–Crippen LogP) is 1.95. The standard InChI is InChI=1S/C17H22ClN3O3/c18-10-13(22)11-19-14-6-5-12(20-7-1-3-16(20)23)9-15(14)21-8-2-4-17(21)24/h5-6,9,13,19,22H,1-4,7-8,10-11H2. The number of benzene rings is 1. The first-order chi connectivity index (χ1) is 11.6. The monoisotopic (exact) mass is 351 g/mol. The molecule has 24 heavy (non-hydrogen) atoms. The number of alkyl halides is 1. The zero-order valence-electron chi connectivity index (χ0n) is 13.5. The van der Waals surface area contributed by atoms with E-state index >= 15 is 0 Å². The fourth-order valence-corrected chi connectivity index (χ4v) is 3.28. The molecule has 2 fully saturated rings. The third-order valence-electron chi connectivity index (χ3n) is 4.44. The smallest absolute Gasteiger partial charge is 0.227 e. The minimum Gasteiger partial charge on any atom is -0.390 e. The van der Waals surface area contributed by atoms with E-state index in [9.17, 15) is 14.7 Å². The van der Waals surface area contributed by atoms with Crippen LogP contribution in [-0.4, -0.2) is 48.5 Å². The minimum atomic E-state index is -0.659. The van der Waals surface area contributed by atoms with Crippen LogP contribution in [0.2, 0.25) is 0 Å². The molecule has 0 spiro atoms. The highest BCUT2D eigenvalue weighted by Gasteiger charge is 2.27. The van der Waals surface area contributed by atoms with Crippen molar-refractivity contribution < 1.29 is 14.7 Å². The average molecular weight is 352 g/mol. The second kappa shape index (κ2) is 7.40. The fraction of sp³-hybridized carbons (Fsp3) is 0.529. The molecule has 0 saturated carbocycles. The summed E-state index contributed by atoms with van der Waals surface area (Å²) in [5, 5.41) is 12.8. The summed E-state index contributed by atoms with van der Waals surface area (Å²) in [6.45, 7) is 1.69. The number of nitrogens with one attached hydrogen (secondary N) is 1. The van der Waals surface area contributed by atoms with E-state index in [0.29, 0.717) is 32.5 Å². The molecule has 1 atom stereocenters. The summed E-state index contributed by atoms with van der Waals surface area (Å²) in [6, 6.07) is 5.63. The number of aliphatic hydroxyl groups excluding tert-OH is 1. The minimum absolute atomic E-state index is 0.0841. The van der Waals surface area contributed by atoms with Crippen molar-refractivity contribution in [3.63, 3.8) is 0 Å². The van der Waals surface area contributed by atoms with Crippen molar-refractivity contribution in [3.05, 3.63) is 18.2 Å². The van der Waals surface area contributed by atoms with Crippen LogP contribution in [0.25, 0.3) is 0 Å². The molecule has 0 bridgehead atoms. The van der Waals surface area contributed by atoms with Crippen molar-refractivity contribution in [2.45, 2.75) is 31.8 Å². The highest BCUT2D eigenvalue weighted by Crippen LogP contribution is 2.35. The lowest BCUT2D eigenvalue weighted by atomic mass is 10.2. The Morgan fingerprint density at radius 2 is 1.79 bits per heavy atom. The molecule has 7 heteroatoms. The van der Waals surface area contributed by atoms with Crippen molar-refractivity contribution in [1.29, 1.82) is 0 Å². The summed E-state index contributed by atoms with van der Waals surface area (Å²) in [6.07, 6.45) is 2.14. The molecule has 0 aliphatic carbocycles. The van der Waals surface area contributed by atoms with Crippen LogP contribution < -0.4 is 15.1 Å². The first-order valence-corrected chi connectivity index (χ1v) is 8.86. The molecule has 1 unspecified atom stereocenters. The molecule has 2 heterocycles. The number of nitrogens with zero attached hydrogens (tertiary/aromatic N) is 2. The largest absolute Gasteiger partial charge is 0.390 e. The van der Waals surface area contributed by atoms with Crippen LogP contribution in [0, 0.1) is 0 Å². The number of hydrogen-bond donors (Lipinski definition) is 2. The Kier molecular flexibility index (Phi) is 5.26. The lowest BCUT2D eigenvalue weighted by Crippen LogP contribution is -2.28. The van der Waals surface area contributed by atoms with Gasteiger partial charge in [0.15, 0.2) is 0 Å². The van der Waals surface area contributed by atoms with E-state index in [0.717, 1.165) is 29.9 Å². The molecule has 6 nitrogen and oxygen atoms in total.